The number of nitrogens with zero attached hydrogens (tertiary/aromatic N) is 2. The van der Waals surface area contributed by atoms with Crippen molar-refractivity contribution in [3.8, 4) is 22.6 Å². The summed E-state index contributed by atoms with van der Waals surface area (Å²) in [5.74, 6) is 1.17. The zero-order valence-corrected chi connectivity index (χ0v) is 22.4. The molecular weight excluding hydrogens is 502 g/mol. The minimum absolute atomic E-state index is 0.0237. The van der Waals surface area contributed by atoms with E-state index in [2.05, 4.69) is 15.6 Å². The van der Waals surface area contributed by atoms with Crippen molar-refractivity contribution < 1.29 is 19.0 Å². The Morgan fingerprint density at radius 2 is 1.95 bits per heavy atom. The second-order valence-corrected chi connectivity index (χ2v) is 10.4. The van der Waals surface area contributed by atoms with Crippen LogP contribution in [0.15, 0.2) is 48.7 Å². The lowest BCUT2D eigenvalue weighted by Crippen LogP contribution is -2.27. The van der Waals surface area contributed by atoms with Gasteiger partial charge in [-0.15, -0.1) is 11.3 Å². The van der Waals surface area contributed by atoms with E-state index in [1.54, 1.807) is 13.3 Å². The maximum absolute atomic E-state index is 12.4. The molecule has 0 radical (unpaired) electrons. The van der Waals surface area contributed by atoms with Gasteiger partial charge in [0.25, 0.3) is 5.91 Å². The molecule has 1 aliphatic rings. The number of aromatic nitrogens is 2. The van der Waals surface area contributed by atoms with Crippen LogP contribution in [0, 0.1) is 0 Å². The Morgan fingerprint density at radius 1 is 1.16 bits per heavy atom. The second-order valence-electron chi connectivity index (χ2n) is 9.31. The van der Waals surface area contributed by atoms with Crippen LogP contribution >= 0.6 is 11.3 Å². The molecule has 4 N–H and O–H groups in total. The van der Waals surface area contributed by atoms with E-state index in [9.17, 15) is 4.79 Å². The lowest BCUT2D eigenvalue weighted by Gasteiger charge is -2.25. The number of amides is 1. The highest BCUT2D eigenvalue weighted by Crippen LogP contribution is 2.42. The van der Waals surface area contributed by atoms with Crippen LogP contribution in [0.5, 0.6) is 11.5 Å². The minimum atomic E-state index is -0.524. The molecule has 10 heteroatoms. The molecule has 0 spiro atoms. The number of rotatable bonds is 9. The molecular formula is C28H31N5O4S. The number of thiophene rings is 1. The van der Waals surface area contributed by atoms with Crippen molar-refractivity contribution >= 4 is 44.8 Å². The van der Waals surface area contributed by atoms with Gasteiger partial charge in [0.1, 0.15) is 16.4 Å². The normalized spacial score (nSPS) is 14.0. The maximum Gasteiger partial charge on any atom is 0.259 e. The number of hydrogen-bond donors (Lipinski definition) is 3. The molecule has 5 rings (SSSR count). The minimum Gasteiger partial charge on any atom is -0.496 e. The number of para-hydroxylation sites is 1. The Hall–Kier alpha value is -3.89. The fraction of sp³-hybridized carbons (Fsp3) is 0.321. The van der Waals surface area contributed by atoms with Gasteiger partial charge >= 0.3 is 0 Å². The molecule has 38 heavy (non-hydrogen) atoms. The van der Waals surface area contributed by atoms with Crippen molar-refractivity contribution in [3.63, 3.8) is 0 Å². The predicted molar refractivity (Wildman–Crippen MR) is 151 cm³/mol. The molecule has 1 amide bonds. The molecule has 4 aromatic rings. The number of primary amides is 1. The van der Waals surface area contributed by atoms with Crippen LogP contribution in [0.1, 0.15) is 36.4 Å². The summed E-state index contributed by atoms with van der Waals surface area (Å²) in [6.45, 7) is 5.51. The molecule has 9 nitrogen and oxygen atoms in total. The number of carbonyl (C=O) groups is 1. The number of hydrogen-bond acceptors (Lipinski definition) is 9. The van der Waals surface area contributed by atoms with Gasteiger partial charge in [0.15, 0.2) is 0 Å². The van der Waals surface area contributed by atoms with Crippen LogP contribution < -0.4 is 25.8 Å². The van der Waals surface area contributed by atoms with Crippen molar-refractivity contribution in [1.82, 2.24) is 9.97 Å². The molecule has 2 aromatic carbocycles. The standard InChI is InChI=1S/C28H31N5O4S/c1-16(2)37-22-14-18(31-17-10-12-36-13-11-17)8-9-20(22)32-28-30-15-23-25(33-28)24(26(38-23)27(29)34)19-6-4-5-7-21(19)35-3/h4-9,14-17,31H,10-13H2,1-3H3,(H2,29,34)(H,30,32,33). The fourth-order valence-electron chi connectivity index (χ4n) is 4.49. The molecule has 0 bridgehead atoms. The van der Waals surface area contributed by atoms with Gasteiger partial charge in [-0.2, -0.15) is 0 Å². The van der Waals surface area contributed by atoms with Crippen LogP contribution in [0.4, 0.5) is 17.3 Å². The van der Waals surface area contributed by atoms with E-state index < -0.39 is 5.91 Å². The van der Waals surface area contributed by atoms with Crippen molar-refractivity contribution in [2.75, 3.05) is 31.0 Å². The van der Waals surface area contributed by atoms with E-state index in [1.807, 2.05) is 56.3 Å². The Balaban J connectivity index is 1.51. The summed E-state index contributed by atoms with van der Waals surface area (Å²) in [5.41, 5.74) is 9.47. The predicted octanol–water partition coefficient (Wildman–Crippen LogP) is 5.59. The first-order chi connectivity index (χ1) is 18.4. The van der Waals surface area contributed by atoms with Crippen molar-refractivity contribution in [2.45, 2.75) is 38.8 Å². The van der Waals surface area contributed by atoms with E-state index in [-0.39, 0.29) is 6.10 Å². The first kappa shape index (κ1) is 25.7. The van der Waals surface area contributed by atoms with Gasteiger partial charge in [-0.25, -0.2) is 9.97 Å². The van der Waals surface area contributed by atoms with Gasteiger partial charge in [-0.05, 0) is 44.9 Å². The van der Waals surface area contributed by atoms with E-state index in [0.717, 1.165) is 47.7 Å². The zero-order chi connectivity index (χ0) is 26.6. The first-order valence-electron chi connectivity index (χ1n) is 12.6. The summed E-state index contributed by atoms with van der Waals surface area (Å²) in [6.07, 6.45) is 3.61. The molecule has 0 unspecified atom stereocenters. The van der Waals surface area contributed by atoms with Gasteiger partial charge in [0.2, 0.25) is 5.95 Å². The van der Waals surface area contributed by atoms with Crippen LogP contribution in [0.3, 0.4) is 0 Å². The van der Waals surface area contributed by atoms with Gasteiger partial charge in [-0.3, -0.25) is 4.79 Å². The Kier molecular flexibility index (Phi) is 7.62. The highest BCUT2D eigenvalue weighted by atomic mass is 32.1. The third-order valence-corrected chi connectivity index (χ3v) is 7.34. The van der Waals surface area contributed by atoms with Crippen molar-refractivity contribution in [1.29, 1.82) is 0 Å². The number of nitrogens with one attached hydrogen (secondary N) is 2. The number of nitrogens with two attached hydrogens (primary N) is 1. The van der Waals surface area contributed by atoms with Crippen LogP contribution in [-0.4, -0.2) is 48.3 Å². The third kappa shape index (κ3) is 5.51. The molecule has 0 atom stereocenters. The molecule has 0 aliphatic carbocycles. The number of methoxy groups -OCH3 is 1. The molecule has 1 aliphatic heterocycles. The van der Waals surface area contributed by atoms with Gasteiger partial charge < -0.3 is 30.6 Å². The van der Waals surface area contributed by atoms with E-state index in [4.69, 9.17) is 24.9 Å². The summed E-state index contributed by atoms with van der Waals surface area (Å²) in [7, 11) is 1.59. The summed E-state index contributed by atoms with van der Waals surface area (Å²) in [4.78, 5) is 22.1. The SMILES string of the molecule is COc1ccccc1-c1c(C(N)=O)sc2cnc(Nc3ccc(NC4CCOCC4)cc3OC(C)C)nc12. The van der Waals surface area contributed by atoms with E-state index >= 15 is 0 Å². The molecule has 2 aromatic heterocycles. The van der Waals surface area contributed by atoms with E-state index in [1.165, 1.54) is 11.3 Å². The average molecular weight is 534 g/mol. The first-order valence-corrected chi connectivity index (χ1v) is 13.4. The lowest BCUT2D eigenvalue weighted by atomic mass is 10.0. The third-order valence-electron chi connectivity index (χ3n) is 6.21. The number of fused-ring (bicyclic) bond motifs is 1. The Morgan fingerprint density at radius 3 is 2.68 bits per heavy atom. The number of carbonyl (C=O) groups excluding carboxylic acids is 1. The largest absolute Gasteiger partial charge is 0.496 e. The number of benzene rings is 2. The Bertz CT molecular complexity index is 1450. The summed E-state index contributed by atoms with van der Waals surface area (Å²) in [6, 6.07) is 13.8. The Labute approximate surface area is 225 Å². The average Bonchev–Trinajstić information content (AvgIpc) is 3.29. The molecule has 3 heterocycles. The van der Waals surface area contributed by atoms with Gasteiger partial charge in [0.05, 0.1) is 35.3 Å². The monoisotopic (exact) mass is 533 g/mol. The molecule has 1 saturated heterocycles. The fourth-order valence-corrected chi connectivity index (χ4v) is 5.47. The summed E-state index contributed by atoms with van der Waals surface area (Å²) in [5, 5.41) is 6.90. The molecule has 1 fully saturated rings. The smallest absolute Gasteiger partial charge is 0.259 e. The molecule has 198 valence electrons. The zero-order valence-electron chi connectivity index (χ0n) is 21.6. The second kappa shape index (κ2) is 11.2. The van der Waals surface area contributed by atoms with Crippen LogP contribution in [-0.2, 0) is 4.74 Å². The van der Waals surface area contributed by atoms with Crippen LogP contribution in [0.2, 0.25) is 0 Å². The van der Waals surface area contributed by atoms with E-state index in [0.29, 0.717) is 39.4 Å². The van der Waals surface area contributed by atoms with Crippen LogP contribution in [0.25, 0.3) is 21.3 Å². The highest BCUT2D eigenvalue weighted by molar-refractivity contribution is 7.21. The van der Waals surface area contributed by atoms with Gasteiger partial charge in [-0.1, -0.05) is 18.2 Å². The topological polar surface area (TPSA) is 121 Å². The van der Waals surface area contributed by atoms with Crippen molar-refractivity contribution in [3.05, 3.63) is 53.5 Å². The summed E-state index contributed by atoms with van der Waals surface area (Å²) < 4.78 is 17.9. The maximum atomic E-state index is 12.4. The summed E-state index contributed by atoms with van der Waals surface area (Å²) >= 11 is 1.27. The number of ether oxygens (including phenoxy) is 3. The van der Waals surface area contributed by atoms with Crippen molar-refractivity contribution in [2.24, 2.45) is 5.73 Å². The lowest BCUT2D eigenvalue weighted by molar-refractivity contribution is 0.0904. The molecule has 0 saturated carbocycles. The number of anilines is 3. The quantitative estimate of drug-likeness (QED) is 0.255. The van der Waals surface area contributed by atoms with Gasteiger partial charge in [0, 0.05) is 42.1 Å². The highest BCUT2D eigenvalue weighted by Gasteiger charge is 2.23.